The molecular weight excluding hydrogens is 182 g/mol. The fraction of sp³-hybridized carbons (Fsp3) is 0. The summed E-state index contributed by atoms with van der Waals surface area (Å²) in [5.74, 6) is 0. The first-order valence-corrected chi connectivity index (χ1v) is 4.94. The van der Waals surface area contributed by atoms with Gasteiger partial charge >= 0.3 is 0 Å². The summed E-state index contributed by atoms with van der Waals surface area (Å²) in [6.07, 6.45) is 1.62. The molecule has 0 unspecified atom stereocenters. The number of nitrogens with zero attached hydrogens (tertiary/aromatic N) is 1. The Morgan fingerprint density at radius 3 is 1.73 bits per heavy atom. The van der Waals surface area contributed by atoms with Crippen molar-refractivity contribution in [1.29, 1.82) is 0 Å². The molecule has 15 heavy (non-hydrogen) atoms. The summed E-state index contributed by atoms with van der Waals surface area (Å²) in [5.41, 5.74) is 2.31. The maximum atomic E-state index is 5.66. The molecule has 0 aliphatic rings. The monoisotopic (exact) mass is 192 g/mol. The molecule has 0 saturated carbocycles. The number of hydrogen-bond donors (Lipinski definition) is 0. The predicted octanol–water partition coefficient (Wildman–Crippen LogP) is 3.70. The van der Waals surface area contributed by atoms with E-state index in [2.05, 4.69) is 36.4 Å². The lowest BCUT2D eigenvalue weighted by Gasteiger charge is -1.97. The van der Waals surface area contributed by atoms with Crippen LogP contribution < -0.4 is 0 Å². The van der Waals surface area contributed by atoms with E-state index in [0.29, 0.717) is 0 Å². The lowest BCUT2D eigenvalue weighted by Crippen LogP contribution is -1.82. The zero-order chi connectivity index (χ0) is 10.3. The van der Waals surface area contributed by atoms with Gasteiger partial charge in [-0.25, -0.2) is 0 Å². The largest absolute Gasteiger partial charge is 0.316 e. The molecule has 0 atom stereocenters. The Labute approximate surface area is 88.3 Å². The first-order valence-electron chi connectivity index (χ1n) is 4.94. The molecule has 1 nitrogen and oxygen atoms in total. The van der Waals surface area contributed by atoms with Crippen LogP contribution in [0.3, 0.4) is 0 Å². The average molecular weight is 192 g/mol. The van der Waals surface area contributed by atoms with Crippen LogP contribution >= 0.6 is 0 Å². The number of fused-ring (bicyclic) bond motifs is 3. The van der Waals surface area contributed by atoms with E-state index in [0.717, 1.165) is 11.0 Å². The normalized spacial score (nSPS) is 10.9. The number of rotatable bonds is 1. The predicted molar refractivity (Wildman–Crippen MR) is 64.5 cm³/mol. The van der Waals surface area contributed by atoms with Crippen LogP contribution in [-0.4, -0.2) is 4.57 Å². The Kier molecular flexibility index (Phi) is 1.65. The van der Waals surface area contributed by atoms with E-state index < -0.39 is 0 Å². The molecule has 1 aromatic heterocycles. The minimum absolute atomic E-state index is 1.15. The topological polar surface area (TPSA) is 4.93 Å². The van der Waals surface area contributed by atoms with Gasteiger partial charge in [-0.05, 0) is 18.7 Å². The van der Waals surface area contributed by atoms with Crippen molar-refractivity contribution in [2.75, 3.05) is 0 Å². The van der Waals surface area contributed by atoms with E-state index in [4.69, 9.17) is 6.58 Å². The molecule has 71 valence electrons. The summed E-state index contributed by atoms with van der Waals surface area (Å²) in [5, 5.41) is 2.49. The summed E-state index contributed by atoms with van der Waals surface area (Å²) in [6.45, 7) is 5.66. The van der Waals surface area contributed by atoms with Crippen molar-refractivity contribution in [3.63, 3.8) is 0 Å². The van der Waals surface area contributed by atoms with Gasteiger partial charge in [0.2, 0.25) is 0 Å². The highest BCUT2D eigenvalue weighted by molar-refractivity contribution is 6.09. The van der Waals surface area contributed by atoms with Crippen molar-refractivity contribution in [3.8, 4) is 0 Å². The molecule has 0 N–H and O–H groups in total. The average Bonchev–Trinajstić information content (AvgIpc) is 2.63. The lowest BCUT2D eigenvalue weighted by atomic mass is 10.2. The molecule has 0 bridgehead atoms. The van der Waals surface area contributed by atoms with E-state index in [-0.39, 0.29) is 0 Å². The van der Waals surface area contributed by atoms with Crippen LogP contribution in [0.15, 0.2) is 48.5 Å². The maximum absolute atomic E-state index is 5.66. The third-order valence-electron chi connectivity index (χ3n) is 2.77. The highest BCUT2D eigenvalue weighted by Crippen LogP contribution is 2.28. The number of aromatic nitrogens is 1. The molecule has 1 heterocycles. The van der Waals surface area contributed by atoms with E-state index in [1.807, 2.05) is 16.7 Å². The molecule has 0 amide bonds. The van der Waals surface area contributed by atoms with Gasteiger partial charge in [0.25, 0.3) is 0 Å². The van der Waals surface area contributed by atoms with Crippen LogP contribution in [0.5, 0.6) is 0 Å². The van der Waals surface area contributed by atoms with Gasteiger partial charge in [-0.15, -0.1) is 0 Å². The molecule has 1 radical (unpaired) electrons. The van der Waals surface area contributed by atoms with Crippen LogP contribution in [-0.2, 0) is 0 Å². The van der Waals surface area contributed by atoms with Gasteiger partial charge in [0.1, 0.15) is 0 Å². The van der Waals surface area contributed by atoms with Crippen molar-refractivity contribution in [3.05, 3.63) is 55.1 Å². The summed E-state index contributed by atoms with van der Waals surface area (Å²) >= 11 is 0. The van der Waals surface area contributed by atoms with Crippen LogP contribution in [0.2, 0.25) is 0 Å². The van der Waals surface area contributed by atoms with E-state index in [1.165, 1.54) is 10.8 Å². The van der Waals surface area contributed by atoms with Crippen LogP contribution in [0, 0.1) is 6.58 Å². The number of benzene rings is 2. The van der Waals surface area contributed by atoms with Crippen LogP contribution in [0.25, 0.3) is 28.0 Å². The van der Waals surface area contributed by atoms with Gasteiger partial charge in [0.15, 0.2) is 0 Å². The fourth-order valence-electron chi connectivity index (χ4n) is 2.11. The highest BCUT2D eigenvalue weighted by atomic mass is 14.9. The van der Waals surface area contributed by atoms with Gasteiger partial charge in [0.05, 0.1) is 11.0 Å². The van der Waals surface area contributed by atoms with E-state index >= 15 is 0 Å². The highest BCUT2D eigenvalue weighted by Gasteiger charge is 2.06. The summed E-state index contributed by atoms with van der Waals surface area (Å²) < 4.78 is 2.02. The van der Waals surface area contributed by atoms with Gasteiger partial charge in [-0.3, -0.25) is 0 Å². The molecule has 0 aliphatic carbocycles. The van der Waals surface area contributed by atoms with E-state index in [9.17, 15) is 0 Å². The molecule has 3 rings (SSSR count). The van der Waals surface area contributed by atoms with Crippen molar-refractivity contribution < 1.29 is 0 Å². The van der Waals surface area contributed by atoms with Crippen molar-refractivity contribution >= 4 is 28.0 Å². The minimum Gasteiger partial charge on any atom is -0.316 e. The van der Waals surface area contributed by atoms with Crippen LogP contribution in [0.4, 0.5) is 0 Å². The SMILES string of the molecule is [CH]=Cn1c2ccccc2c2ccccc21. The maximum Gasteiger partial charge on any atom is 0.0534 e. The Morgan fingerprint density at radius 2 is 1.27 bits per heavy atom. The quantitative estimate of drug-likeness (QED) is 0.554. The molecule has 0 fully saturated rings. The number of hydrogen-bond acceptors (Lipinski definition) is 0. The van der Waals surface area contributed by atoms with Gasteiger partial charge in [0, 0.05) is 17.0 Å². The van der Waals surface area contributed by atoms with Crippen LogP contribution in [0.1, 0.15) is 0 Å². The molecule has 3 aromatic rings. The second-order valence-corrected chi connectivity index (χ2v) is 3.55. The van der Waals surface area contributed by atoms with Gasteiger partial charge < -0.3 is 4.57 Å². The summed E-state index contributed by atoms with van der Waals surface area (Å²) in [4.78, 5) is 0. The first kappa shape index (κ1) is 8.30. The second-order valence-electron chi connectivity index (χ2n) is 3.55. The molecule has 0 saturated heterocycles. The zero-order valence-corrected chi connectivity index (χ0v) is 8.22. The Morgan fingerprint density at radius 1 is 0.800 bits per heavy atom. The molecule has 0 aliphatic heterocycles. The third kappa shape index (κ3) is 1.03. The smallest absolute Gasteiger partial charge is 0.0534 e. The molecular formula is C14H10N. The van der Waals surface area contributed by atoms with Crippen molar-refractivity contribution in [2.45, 2.75) is 0 Å². The molecule has 1 heteroatoms. The van der Waals surface area contributed by atoms with Gasteiger partial charge in [-0.2, -0.15) is 0 Å². The standard InChI is InChI=1S/C14H10N/c1-2-15-13-9-5-3-7-11(13)12-8-4-6-10-14(12)15/h1-10H. The zero-order valence-electron chi connectivity index (χ0n) is 8.22. The van der Waals surface area contributed by atoms with Crippen molar-refractivity contribution in [2.24, 2.45) is 0 Å². The summed E-state index contributed by atoms with van der Waals surface area (Å²) in [6, 6.07) is 16.6. The lowest BCUT2D eigenvalue weighted by molar-refractivity contribution is 1.29. The molecule has 0 spiro atoms. The van der Waals surface area contributed by atoms with Crippen molar-refractivity contribution in [1.82, 2.24) is 4.57 Å². The first-order chi connectivity index (χ1) is 7.42. The minimum atomic E-state index is 1.15. The Hall–Kier alpha value is -2.02. The third-order valence-corrected chi connectivity index (χ3v) is 2.77. The summed E-state index contributed by atoms with van der Waals surface area (Å²) in [7, 11) is 0. The Balaban J connectivity index is 2.68. The Bertz CT molecular complexity index is 593. The molecule has 2 aromatic carbocycles. The fourth-order valence-corrected chi connectivity index (χ4v) is 2.11. The second kappa shape index (κ2) is 2.99. The van der Waals surface area contributed by atoms with E-state index in [1.54, 1.807) is 6.20 Å². The van der Waals surface area contributed by atoms with Gasteiger partial charge in [-0.1, -0.05) is 36.4 Å². The number of para-hydroxylation sites is 2.